The molecule has 2 aromatic carbocycles. The van der Waals surface area contributed by atoms with E-state index in [1.165, 1.54) is 22.5 Å². The van der Waals surface area contributed by atoms with Crippen LogP contribution in [0.5, 0.6) is 0 Å². The van der Waals surface area contributed by atoms with Crippen LogP contribution in [0.25, 0.3) is 21.1 Å². The van der Waals surface area contributed by atoms with Crippen LogP contribution in [0.1, 0.15) is 27.7 Å². The summed E-state index contributed by atoms with van der Waals surface area (Å²) >= 11 is 1.43. The third kappa shape index (κ3) is 3.13. The Morgan fingerprint density at radius 1 is 1.04 bits per heavy atom. The van der Waals surface area contributed by atoms with Crippen molar-refractivity contribution in [2.45, 2.75) is 20.3 Å². The highest BCUT2D eigenvalue weighted by molar-refractivity contribution is 7.20. The van der Waals surface area contributed by atoms with Crippen molar-refractivity contribution in [2.24, 2.45) is 0 Å². The van der Waals surface area contributed by atoms with Crippen LogP contribution in [-0.2, 0) is 6.42 Å². The minimum absolute atomic E-state index is 0.0903. The van der Waals surface area contributed by atoms with Gasteiger partial charge in [0.05, 0.1) is 10.4 Å². The number of benzene rings is 2. The molecule has 0 bridgehead atoms. The molecular formula is C21H18N2OS. The molecule has 0 fully saturated rings. The van der Waals surface area contributed by atoms with Crippen molar-refractivity contribution in [3.8, 4) is 0 Å². The maximum Gasteiger partial charge on any atom is 0.265 e. The van der Waals surface area contributed by atoms with Gasteiger partial charge >= 0.3 is 0 Å². The summed E-state index contributed by atoms with van der Waals surface area (Å²) in [4.78, 5) is 18.8. The summed E-state index contributed by atoms with van der Waals surface area (Å²) in [5.41, 5.74) is 4.22. The Bertz CT molecular complexity index is 1080. The van der Waals surface area contributed by atoms with E-state index in [9.17, 15) is 4.79 Å². The standard InChI is InChI=1S/C21H18N2OS/c1-3-14-5-8-17(9-6-14)22-20(24)19-12-16-11-15-7-4-13(2)10-18(15)23-21(16)25-19/h4-12H,3H2,1-2H3,(H,22,24). The van der Waals surface area contributed by atoms with Crippen molar-refractivity contribution < 1.29 is 4.79 Å². The number of hydrogen-bond donors (Lipinski definition) is 1. The summed E-state index contributed by atoms with van der Waals surface area (Å²) < 4.78 is 0. The minimum Gasteiger partial charge on any atom is -0.321 e. The van der Waals surface area contributed by atoms with Gasteiger partial charge in [-0.1, -0.05) is 31.2 Å². The number of thiophene rings is 1. The smallest absolute Gasteiger partial charge is 0.265 e. The third-order valence-electron chi connectivity index (χ3n) is 4.30. The summed E-state index contributed by atoms with van der Waals surface area (Å²) in [6, 6.07) is 18.2. The second-order valence-corrected chi connectivity index (χ2v) is 7.22. The second-order valence-electron chi connectivity index (χ2n) is 6.19. The molecule has 0 aliphatic rings. The topological polar surface area (TPSA) is 42.0 Å². The molecule has 1 amide bonds. The minimum atomic E-state index is -0.0903. The monoisotopic (exact) mass is 346 g/mol. The third-order valence-corrected chi connectivity index (χ3v) is 5.35. The molecule has 0 aliphatic carbocycles. The molecule has 0 spiro atoms. The molecule has 3 nitrogen and oxygen atoms in total. The maximum atomic E-state index is 12.6. The average molecular weight is 346 g/mol. The van der Waals surface area contributed by atoms with Gasteiger partial charge in [-0.15, -0.1) is 11.3 Å². The van der Waals surface area contributed by atoms with Crippen LogP contribution in [0, 0.1) is 6.92 Å². The molecule has 0 saturated heterocycles. The van der Waals surface area contributed by atoms with Gasteiger partial charge in [-0.2, -0.15) is 0 Å². The van der Waals surface area contributed by atoms with E-state index < -0.39 is 0 Å². The van der Waals surface area contributed by atoms with E-state index in [1.54, 1.807) is 0 Å². The normalized spacial score (nSPS) is 11.1. The lowest BCUT2D eigenvalue weighted by Crippen LogP contribution is -2.09. The van der Waals surface area contributed by atoms with Gasteiger partial charge in [-0.05, 0) is 54.8 Å². The summed E-state index contributed by atoms with van der Waals surface area (Å²) in [5, 5.41) is 5.07. The Labute approximate surface area is 150 Å². The van der Waals surface area contributed by atoms with Gasteiger partial charge in [0.15, 0.2) is 0 Å². The number of hydrogen-bond acceptors (Lipinski definition) is 3. The highest BCUT2D eigenvalue weighted by Crippen LogP contribution is 2.28. The SMILES string of the molecule is CCc1ccc(NC(=O)c2cc3cc4ccc(C)cc4nc3s2)cc1. The quantitative estimate of drug-likeness (QED) is 0.527. The predicted molar refractivity (Wildman–Crippen MR) is 106 cm³/mol. The fourth-order valence-electron chi connectivity index (χ4n) is 2.86. The predicted octanol–water partition coefficient (Wildman–Crippen LogP) is 5.57. The highest BCUT2D eigenvalue weighted by atomic mass is 32.1. The number of carbonyl (C=O) groups excluding carboxylic acids is 1. The molecule has 0 unspecified atom stereocenters. The van der Waals surface area contributed by atoms with Crippen LogP contribution in [0.4, 0.5) is 5.69 Å². The molecule has 4 heteroatoms. The van der Waals surface area contributed by atoms with E-state index in [2.05, 4.69) is 43.4 Å². The van der Waals surface area contributed by atoms with E-state index >= 15 is 0 Å². The van der Waals surface area contributed by atoms with E-state index in [-0.39, 0.29) is 5.91 Å². The van der Waals surface area contributed by atoms with Crippen molar-refractivity contribution in [3.05, 3.63) is 70.6 Å². The lowest BCUT2D eigenvalue weighted by molar-refractivity contribution is 0.103. The van der Waals surface area contributed by atoms with Crippen LogP contribution in [-0.4, -0.2) is 10.9 Å². The van der Waals surface area contributed by atoms with Crippen LogP contribution < -0.4 is 5.32 Å². The number of fused-ring (bicyclic) bond motifs is 2. The van der Waals surface area contributed by atoms with Gasteiger partial charge in [0.1, 0.15) is 4.83 Å². The first-order valence-electron chi connectivity index (χ1n) is 8.33. The summed E-state index contributed by atoms with van der Waals surface area (Å²) in [6.07, 6.45) is 0.989. The summed E-state index contributed by atoms with van der Waals surface area (Å²) in [6.45, 7) is 4.17. The van der Waals surface area contributed by atoms with Gasteiger partial charge in [0, 0.05) is 16.5 Å². The number of rotatable bonds is 3. The van der Waals surface area contributed by atoms with E-state index in [0.29, 0.717) is 4.88 Å². The second kappa shape index (κ2) is 6.30. The number of carbonyl (C=O) groups is 1. The Kier molecular flexibility index (Phi) is 3.98. The number of nitrogens with zero attached hydrogens (tertiary/aromatic N) is 1. The molecule has 4 aromatic rings. The number of amides is 1. The zero-order valence-electron chi connectivity index (χ0n) is 14.2. The van der Waals surface area contributed by atoms with Gasteiger partial charge in [-0.25, -0.2) is 4.98 Å². The van der Waals surface area contributed by atoms with Crippen LogP contribution in [0.2, 0.25) is 0 Å². The number of aromatic nitrogens is 1. The first kappa shape index (κ1) is 15.8. The van der Waals surface area contributed by atoms with Gasteiger partial charge in [0.2, 0.25) is 0 Å². The summed E-state index contributed by atoms with van der Waals surface area (Å²) in [5.74, 6) is -0.0903. The Hall–Kier alpha value is -2.72. The summed E-state index contributed by atoms with van der Waals surface area (Å²) in [7, 11) is 0. The number of pyridine rings is 1. The molecule has 4 rings (SSSR count). The van der Waals surface area contributed by atoms with Crippen molar-refractivity contribution in [1.29, 1.82) is 0 Å². The van der Waals surface area contributed by atoms with Gasteiger partial charge in [-0.3, -0.25) is 4.79 Å². The van der Waals surface area contributed by atoms with Gasteiger partial charge in [0.25, 0.3) is 5.91 Å². The Morgan fingerprint density at radius 2 is 1.84 bits per heavy atom. The van der Waals surface area contributed by atoms with Crippen molar-refractivity contribution in [1.82, 2.24) is 4.98 Å². The first-order chi connectivity index (χ1) is 12.1. The maximum absolute atomic E-state index is 12.6. The van der Waals surface area contributed by atoms with Crippen LogP contribution in [0.15, 0.2) is 54.6 Å². The lowest BCUT2D eigenvalue weighted by atomic mass is 10.1. The fraction of sp³-hybridized carbons (Fsp3) is 0.143. The molecule has 0 aliphatic heterocycles. The molecule has 2 aromatic heterocycles. The highest BCUT2D eigenvalue weighted by Gasteiger charge is 2.12. The molecule has 1 N–H and O–H groups in total. The molecule has 0 atom stereocenters. The molecule has 124 valence electrons. The van der Waals surface area contributed by atoms with E-state index in [4.69, 9.17) is 4.98 Å². The molecule has 2 heterocycles. The zero-order chi connectivity index (χ0) is 17.4. The number of nitrogens with one attached hydrogen (secondary N) is 1. The first-order valence-corrected chi connectivity index (χ1v) is 9.15. The van der Waals surface area contributed by atoms with Crippen molar-refractivity contribution in [2.75, 3.05) is 5.32 Å². The average Bonchev–Trinajstić information content (AvgIpc) is 3.03. The molecular weight excluding hydrogens is 328 g/mol. The van der Waals surface area contributed by atoms with E-state index in [1.807, 2.05) is 30.3 Å². The van der Waals surface area contributed by atoms with Crippen LogP contribution >= 0.6 is 11.3 Å². The van der Waals surface area contributed by atoms with Crippen molar-refractivity contribution >= 4 is 44.1 Å². The zero-order valence-corrected chi connectivity index (χ0v) is 15.0. The Morgan fingerprint density at radius 3 is 2.60 bits per heavy atom. The van der Waals surface area contributed by atoms with E-state index in [0.717, 1.165) is 33.2 Å². The van der Waals surface area contributed by atoms with Crippen LogP contribution in [0.3, 0.4) is 0 Å². The number of aryl methyl sites for hydroxylation is 2. The Balaban J connectivity index is 1.65. The lowest BCUT2D eigenvalue weighted by Gasteiger charge is -2.04. The van der Waals surface area contributed by atoms with Crippen molar-refractivity contribution in [3.63, 3.8) is 0 Å². The molecule has 0 radical (unpaired) electrons. The molecule has 25 heavy (non-hydrogen) atoms. The largest absolute Gasteiger partial charge is 0.321 e. The fourth-order valence-corrected chi connectivity index (χ4v) is 3.78. The van der Waals surface area contributed by atoms with Gasteiger partial charge < -0.3 is 5.32 Å². The number of anilines is 1. The molecule has 0 saturated carbocycles.